The van der Waals surface area contributed by atoms with Crippen LogP contribution >= 0.6 is 0 Å². The first-order valence-corrected chi connectivity index (χ1v) is 8.58. The van der Waals surface area contributed by atoms with Gasteiger partial charge in [-0.2, -0.15) is 5.10 Å². The largest absolute Gasteiger partial charge is 0.461 e. The number of hydrogen-bond acceptors (Lipinski definition) is 4. The van der Waals surface area contributed by atoms with E-state index in [2.05, 4.69) is 15.5 Å². The minimum atomic E-state index is -0.241. The first-order valence-electron chi connectivity index (χ1n) is 8.58. The fourth-order valence-electron chi connectivity index (χ4n) is 2.84. The molecule has 0 bridgehead atoms. The Balaban J connectivity index is 1.55. The Bertz CT molecular complexity index is 1090. The van der Waals surface area contributed by atoms with Crippen molar-refractivity contribution in [3.05, 3.63) is 78.1 Å². The quantitative estimate of drug-likeness (QED) is 0.436. The number of carbonyl (C=O) groups excluding carboxylic acids is 1. The number of imidazole rings is 1. The number of para-hydroxylation sites is 2. The van der Waals surface area contributed by atoms with Gasteiger partial charge in [-0.25, -0.2) is 10.4 Å². The summed E-state index contributed by atoms with van der Waals surface area (Å²) in [6, 6.07) is 19.2. The van der Waals surface area contributed by atoms with Crippen molar-refractivity contribution >= 4 is 23.2 Å². The lowest BCUT2D eigenvalue weighted by molar-refractivity contribution is -0.121. The molecule has 0 aliphatic heterocycles. The fraction of sp³-hybridized carbons (Fsp3) is 0.0952. The highest BCUT2D eigenvalue weighted by molar-refractivity contribution is 5.85. The molecule has 2 aromatic heterocycles. The molecule has 0 atom stereocenters. The zero-order valence-corrected chi connectivity index (χ0v) is 14.8. The fourth-order valence-corrected chi connectivity index (χ4v) is 2.84. The Morgan fingerprint density at radius 2 is 1.96 bits per heavy atom. The Labute approximate surface area is 156 Å². The van der Waals surface area contributed by atoms with Gasteiger partial charge in [0.1, 0.15) is 6.54 Å². The minimum absolute atomic E-state index is 0.0851. The Morgan fingerprint density at radius 1 is 1.15 bits per heavy atom. The van der Waals surface area contributed by atoms with E-state index in [9.17, 15) is 4.79 Å². The number of fused-ring (bicyclic) bond motifs is 1. The van der Waals surface area contributed by atoms with Crippen LogP contribution in [0.25, 0.3) is 22.6 Å². The normalized spacial score (nSPS) is 11.3. The molecule has 0 aliphatic carbocycles. The summed E-state index contributed by atoms with van der Waals surface area (Å²) in [6.07, 6.45) is 3.21. The van der Waals surface area contributed by atoms with E-state index in [0.717, 1.165) is 16.6 Å². The maximum Gasteiger partial charge on any atom is 0.260 e. The molecular formula is C21H18N4O2. The molecule has 27 heavy (non-hydrogen) atoms. The molecule has 0 radical (unpaired) electrons. The maximum absolute atomic E-state index is 12.4. The van der Waals surface area contributed by atoms with Crippen LogP contribution in [0.4, 0.5) is 0 Å². The van der Waals surface area contributed by atoms with Crippen LogP contribution in [0.2, 0.25) is 0 Å². The SMILES string of the molecule is Cc1ccc(/C=N\NC(=O)Cn2c(-c3ccco3)nc3ccccc32)cc1. The molecule has 2 aromatic carbocycles. The van der Waals surface area contributed by atoms with Gasteiger partial charge in [0.05, 0.1) is 23.5 Å². The number of benzene rings is 2. The van der Waals surface area contributed by atoms with Crippen LogP contribution in [0.3, 0.4) is 0 Å². The van der Waals surface area contributed by atoms with E-state index >= 15 is 0 Å². The van der Waals surface area contributed by atoms with Crippen molar-refractivity contribution in [2.45, 2.75) is 13.5 Å². The molecule has 0 saturated carbocycles. The summed E-state index contributed by atoms with van der Waals surface area (Å²) in [4.78, 5) is 17.0. The number of nitrogens with zero attached hydrogens (tertiary/aromatic N) is 3. The number of aryl methyl sites for hydroxylation is 1. The van der Waals surface area contributed by atoms with Gasteiger partial charge in [-0.1, -0.05) is 42.0 Å². The van der Waals surface area contributed by atoms with Gasteiger partial charge in [0, 0.05) is 0 Å². The van der Waals surface area contributed by atoms with Gasteiger partial charge in [0.25, 0.3) is 5.91 Å². The van der Waals surface area contributed by atoms with Gasteiger partial charge in [0.15, 0.2) is 11.6 Å². The van der Waals surface area contributed by atoms with E-state index in [-0.39, 0.29) is 12.5 Å². The molecule has 1 amide bonds. The first kappa shape index (κ1) is 16.8. The predicted octanol–water partition coefficient (Wildman–Crippen LogP) is 3.76. The van der Waals surface area contributed by atoms with Crippen LogP contribution in [-0.2, 0) is 11.3 Å². The predicted molar refractivity (Wildman–Crippen MR) is 104 cm³/mol. The van der Waals surface area contributed by atoms with Gasteiger partial charge in [-0.05, 0) is 36.8 Å². The van der Waals surface area contributed by atoms with E-state index in [1.807, 2.05) is 66.1 Å². The molecule has 6 nitrogen and oxygen atoms in total. The highest BCUT2D eigenvalue weighted by Gasteiger charge is 2.16. The van der Waals surface area contributed by atoms with Crippen molar-refractivity contribution in [2.75, 3.05) is 0 Å². The summed E-state index contributed by atoms with van der Waals surface area (Å²) in [6.45, 7) is 2.11. The van der Waals surface area contributed by atoms with Gasteiger partial charge in [0.2, 0.25) is 0 Å². The third kappa shape index (κ3) is 3.64. The second-order valence-corrected chi connectivity index (χ2v) is 6.19. The number of furan rings is 1. The van der Waals surface area contributed by atoms with Crippen LogP contribution in [0, 0.1) is 6.92 Å². The van der Waals surface area contributed by atoms with Gasteiger partial charge in [-0.15, -0.1) is 0 Å². The smallest absolute Gasteiger partial charge is 0.260 e. The number of rotatable bonds is 5. The van der Waals surface area contributed by atoms with Crippen molar-refractivity contribution in [3.8, 4) is 11.6 Å². The zero-order chi connectivity index (χ0) is 18.6. The number of aromatic nitrogens is 2. The molecule has 4 aromatic rings. The second-order valence-electron chi connectivity index (χ2n) is 6.19. The summed E-state index contributed by atoms with van der Waals surface area (Å²) >= 11 is 0. The van der Waals surface area contributed by atoms with Crippen molar-refractivity contribution in [3.63, 3.8) is 0 Å². The summed E-state index contributed by atoms with van der Waals surface area (Å²) in [5.41, 5.74) is 6.34. The van der Waals surface area contributed by atoms with Crippen LogP contribution in [0.1, 0.15) is 11.1 Å². The third-order valence-corrected chi connectivity index (χ3v) is 4.18. The standard InChI is InChI=1S/C21H18N4O2/c1-15-8-10-16(11-9-15)13-22-24-20(26)14-25-18-6-3-2-5-17(18)23-21(25)19-7-4-12-27-19/h2-13H,14H2,1H3,(H,24,26)/b22-13-. The Hall–Kier alpha value is -3.67. The summed E-state index contributed by atoms with van der Waals surface area (Å²) in [5.74, 6) is 0.982. The average Bonchev–Trinajstić information content (AvgIpc) is 3.32. The van der Waals surface area contributed by atoms with Gasteiger partial charge < -0.3 is 8.98 Å². The average molecular weight is 358 g/mol. The van der Waals surface area contributed by atoms with Gasteiger partial charge in [-0.3, -0.25) is 4.79 Å². The maximum atomic E-state index is 12.4. The lowest BCUT2D eigenvalue weighted by Crippen LogP contribution is -2.23. The summed E-state index contributed by atoms with van der Waals surface area (Å²) in [7, 11) is 0. The minimum Gasteiger partial charge on any atom is -0.461 e. The molecule has 0 spiro atoms. The van der Waals surface area contributed by atoms with E-state index in [4.69, 9.17) is 4.42 Å². The topological polar surface area (TPSA) is 72.4 Å². The molecule has 4 rings (SSSR count). The van der Waals surface area contributed by atoms with Crippen molar-refractivity contribution in [1.82, 2.24) is 15.0 Å². The number of carbonyl (C=O) groups is 1. The van der Waals surface area contributed by atoms with Crippen molar-refractivity contribution in [1.29, 1.82) is 0 Å². The molecule has 0 saturated heterocycles. The molecule has 6 heteroatoms. The lowest BCUT2D eigenvalue weighted by atomic mass is 10.2. The summed E-state index contributed by atoms with van der Waals surface area (Å²) < 4.78 is 7.30. The number of hydrazone groups is 1. The molecule has 0 unspecified atom stereocenters. The van der Waals surface area contributed by atoms with Crippen molar-refractivity contribution < 1.29 is 9.21 Å². The van der Waals surface area contributed by atoms with Crippen LogP contribution in [-0.4, -0.2) is 21.7 Å². The second kappa shape index (κ2) is 7.29. The number of nitrogens with one attached hydrogen (secondary N) is 1. The molecule has 1 N–H and O–H groups in total. The molecule has 2 heterocycles. The van der Waals surface area contributed by atoms with Crippen molar-refractivity contribution in [2.24, 2.45) is 5.10 Å². The molecular weight excluding hydrogens is 340 g/mol. The third-order valence-electron chi connectivity index (χ3n) is 4.18. The molecule has 0 fully saturated rings. The van der Waals surface area contributed by atoms with Crippen LogP contribution < -0.4 is 5.43 Å². The van der Waals surface area contributed by atoms with E-state index in [1.54, 1.807) is 18.5 Å². The van der Waals surface area contributed by atoms with E-state index < -0.39 is 0 Å². The van der Waals surface area contributed by atoms with Crippen LogP contribution in [0.15, 0.2) is 76.4 Å². The van der Waals surface area contributed by atoms with E-state index in [1.165, 1.54) is 5.56 Å². The summed E-state index contributed by atoms with van der Waals surface area (Å²) in [5, 5.41) is 4.04. The zero-order valence-electron chi connectivity index (χ0n) is 14.8. The number of amides is 1. The number of hydrogen-bond donors (Lipinski definition) is 1. The Morgan fingerprint density at radius 3 is 2.74 bits per heavy atom. The molecule has 0 aliphatic rings. The van der Waals surface area contributed by atoms with E-state index in [0.29, 0.717) is 11.6 Å². The first-order chi connectivity index (χ1) is 13.2. The molecule has 134 valence electrons. The monoisotopic (exact) mass is 358 g/mol. The van der Waals surface area contributed by atoms with Gasteiger partial charge >= 0.3 is 0 Å². The highest BCUT2D eigenvalue weighted by atomic mass is 16.3. The highest BCUT2D eigenvalue weighted by Crippen LogP contribution is 2.24. The lowest BCUT2D eigenvalue weighted by Gasteiger charge is -2.06. The van der Waals surface area contributed by atoms with Crippen LogP contribution in [0.5, 0.6) is 0 Å². The Kier molecular flexibility index (Phi) is 4.53.